The highest BCUT2D eigenvalue weighted by molar-refractivity contribution is 6.21. The number of nitrogens with zero attached hydrogens (tertiary/aromatic N) is 4. The molecular formula is C18H18N4O3. The van der Waals surface area contributed by atoms with E-state index in [-0.39, 0.29) is 41.8 Å². The molecule has 3 aliphatic rings. The predicted molar refractivity (Wildman–Crippen MR) is 87.7 cm³/mol. The molecule has 128 valence electrons. The fourth-order valence-electron chi connectivity index (χ4n) is 4.25. The van der Waals surface area contributed by atoms with Crippen molar-refractivity contribution >= 4 is 17.8 Å². The van der Waals surface area contributed by atoms with E-state index in [1.807, 2.05) is 31.2 Å². The molecule has 0 aliphatic carbocycles. The summed E-state index contributed by atoms with van der Waals surface area (Å²) in [4.78, 5) is 30.8. The minimum absolute atomic E-state index is 0.119. The van der Waals surface area contributed by atoms with Gasteiger partial charge >= 0.3 is 0 Å². The molecule has 4 heterocycles. The van der Waals surface area contributed by atoms with Crippen molar-refractivity contribution in [1.29, 1.82) is 0 Å². The number of aryl methyl sites for hydroxylation is 1. The lowest BCUT2D eigenvalue weighted by molar-refractivity contribution is -0.124. The Labute approximate surface area is 144 Å². The second-order valence-corrected chi connectivity index (χ2v) is 7.08. The monoisotopic (exact) mass is 338 g/mol. The quantitative estimate of drug-likeness (QED) is 0.789. The maximum absolute atomic E-state index is 12.7. The molecule has 1 aromatic heterocycles. The van der Waals surface area contributed by atoms with E-state index in [4.69, 9.17) is 4.74 Å². The summed E-state index contributed by atoms with van der Waals surface area (Å²) < 4.78 is 7.40. The lowest BCUT2D eigenvalue weighted by atomic mass is 9.81. The molecule has 2 aromatic rings. The van der Waals surface area contributed by atoms with Gasteiger partial charge in [-0.3, -0.25) is 9.59 Å². The zero-order valence-corrected chi connectivity index (χ0v) is 13.8. The number of fused-ring (bicyclic) bond motifs is 5. The first-order valence-corrected chi connectivity index (χ1v) is 8.60. The first kappa shape index (κ1) is 14.8. The number of rotatable bonds is 3. The third-order valence-corrected chi connectivity index (χ3v) is 5.47. The van der Waals surface area contributed by atoms with Crippen molar-refractivity contribution in [2.75, 3.05) is 4.90 Å². The molecule has 7 heteroatoms. The summed E-state index contributed by atoms with van der Waals surface area (Å²) in [5.74, 6) is -0.952. The Balaban J connectivity index is 1.39. The summed E-state index contributed by atoms with van der Waals surface area (Å²) in [5, 5.41) is 4.36. The Kier molecular flexibility index (Phi) is 3.09. The molecule has 3 saturated heterocycles. The zero-order valence-electron chi connectivity index (χ0n) is 13.8. The van der Waals surface area contributed by atoms with Gasteiger partial charge in [-0.2, -0.15) is 4.98 Å². The van der Waals surface area contributed by atoms with Gasteiger partial charge in [-0.05, 0) is 25.3 Å². The minimum atomic E-state index is -0.352. The molecule has 2 amide bonds. The van der Waals surface area contributed by atoms with Gasteiger partial charge in [0.15, 0.2) is 0 Å². The third-order valence-electron chi connectivity index (χ3n) is 5.47. The van der Waals surface area contributed by atoms with Crippen molar-refractivity contribution in [2.24, 2.45) is 11.8 Å². The normalized spacial score (nSPS) is 30.4. The van der Waals surface area contributed by atoms with E-state index in [1.54, 1.807) is 11.0 Å². The van der Waals surface area contributed by atoms with Crippen LogP contribution in [0.4, 0.5) is 5.95 Å². The molecule has 0 spiro atoms. The smallest absolute Gasteiger partial charge is 0.258 e. The lowest BCUT2D eigenvalue weighted by Gasteiger charge is -2.14. The number of amides is 2. The maximum Gasteiger partial charge on any atom is 0.258 e. The highest BCUT2D eigenvalue weighted by atomic mass is 16.5. The summed E-state index contributed by atoms with van der Waals surface area (Å²) in [6.07, 6.45) is 3.04. The van der Waals surface area contributed by atoms with Gasteiger partial charge in [0.05, 0.1) is 30.6 Å². The van der Waals surface area contributed by atoms with Gasteiger partial charge in [-0.25, -0.2) is 9.58 Å². The summed E-state index contributed by atoms with van der Waals surface area (Å²) in [6, 6.07) is 8.14. The van der Waals surface area contributed by atoms with Gasteiger partial charge in [0.2, 0.25) is 11.8 Å². The van der Waals surface area contributed by atoms with Gasteiger partial charge in [-0.1, -0.05) is 29.8 Å². The Bertz CT molecular complexity index is 831. The van der Waals surface area contributed by atoms with Crippen LogP contribution in [-0.4, -0.2) is 38.8 Å². The van der Waals surface area contributed by atoms with Gasteiger partial charge in [0.1, 0.15) is 6.33 Å². The van der Waals surface area contributed by atoms with Crippen molar-refractivity contribution in [3.8, 4) is 0 Å². The molecule has 3 aliphatic heterocycles. The molecule has 0 N–H and O–H groups in total. The number of anilines is 1. The van der Waals surface area contributed by atoms with E-state index in [9.17, 15) is 9.59 Å². The van der Waals surface area contributed by atoms with Gasteiger partial charge in [0, 0.05) is 0 Å². The number of imide groups is 1. The third kappa shape index (κ3) is 2.15. The minimum Gasteiger partial charge on any atom is -0.373 e. The zero-order chi connectivity index (χ0) is 17.1. The van der Waals surface area contributed by atoms with Crippen LogP contribution < -0.4 is 4.90 Å². The summed E-state index contributed by atoms with van der Waals surface area (Å²) >= 11 is 0. The Hall–Kier alpha value is -2.54. The predicted octanol–water partition coefficient (Wildman–Crippen LogP) is 1.30. The van der Waals surface area contributed by atoms with E-state index in [1.165, 1.54) is 5.56 Å². The lowest BCUT2D eigenvalue weighted by Crippen LogP contribution is -2.35. The summed E-state index contributed by atoms with van der Waals surface area (Å²) in [6.45, 7) is 2.58. The first-order valence-electron chi connectivity index (χ1n) is 8.60. The SMILES string of the molecule is Cc1ccc(Cn2cnc(N3C(=O)[C@@H]4[C@H](C3=O)[C@@H]3CC[C@@H]4O3)n2)cc1. The number of carbonyl (C=O) groups is 2. The topological polar surface area (TPSA) is 77.3 Å². The van der Waals surface area contributed by atoms with Crippen LogP contribution in [0.3, 0.4) is 0 Å². The van der Waals surface area contributed by atoms with Crippen LogP contribution in [-0.2, 0) is 20.9 Å². The number of carbonyl (C=O) groups excluding carboxylic acids is 2. The van der Waals surface area contributed by atoms with Crippen molar-refractivity contribution in [1.82, 2.24) is 14.8 Å². The second-order valence-electron chi connectivity index (χ2n) is 7.08. The van der Waals surface area contributed by atoms with E-state index in [0.29, 0.717) is 6.54 Å². The molecule has 1 aromatic carbocycles. The number of hydrogen-bond donors (Lipinski definition) is 0. The molecular weight excluding hydrogens is 320 g/mol. The van der Waals surface area contributed by atoms with Gasteiger partial charge < -0.3 is 4.74 Å². The van der Waals surface area contributed by atoms with Crippen LogP contribution >= 0.6 is 0 Å². The molecule has 4 atom stereocenters. The molecule has 5 rings (SSSR count). The van der Waals surface area contributed by atoms with Crippen LogP contribution in [0.25, 0.3) is 0 Å². The molecule has 3 fully saturated rings. The van der Waals surface area contributed by atoms with E-state index < -0.39 is 0 Å². The highest BCUT2D eigenvalue weighted by Crippen LogP contribution is 2.48. The van der Waals surface area contributed by atoms with E-state index in [2.05, 4.69) is 10.1 Å². The van der Waals surface area contributed by atoms with E-state index >= 15 is 0 Å². The average Bonchev–Trinajstić information content (AvgIpc) is 3.35. The van der Waals surface area contributed by atoms with Crippen molar-refractivity contribution in [3.63, 3.8) is 0 Å². The largest absolute Gasteiger partial charge is 0.373 e. The van der Waals surface area contributed by atoms with Gasteiger partial charge in [0.25, 0.3) is 5.95 Å². The van der Waals surface area contributed by atoms with Crippen LogP contribution in [0.5, 0.6) is 0 Å². The maximum atomic E-state index is 12.7. The molecule has 2 bridgehead atoms. The summed E-state index contributed by atoms with van der Waals surface area (Å²) in [5.41, 5.74) is 2.28. The fourth-order valence-corrected chi connectivity index (χ4v) is 4.25. The average molecular weight is 338 g/mol. The fraction of sp³-hybridized carbons (Fsp3) is 0.444. The van der Waals surface area contributed by atoms with Crippen molar-refractivity contribution in [3.05, 3.63) is 41.7 Å². The number of hydrogen-bond acceptors (Lipinski definition) is 5. The van der Waals surface area contributed by atoms with Crippen LogP contribution in [0.2, 0.25) is 0 Å². The molecule has 25 heavy (non-hydrogen) atoms. The first-order chi connectivity index (χ1) is 12.1. The molecule has 0 unspecified atom stereocenters. The Morgan fingerprint density at radius 3 is 2.36 bits per heavy atom. The standard InChI is InChI=1S/C18H18N4O3/c1-10-2-4-11(5-3-10)8-21-9-19-18(20-21)22-16(23)14-12-6-7-13(25-12)15(14)17(22)24/h2-5,9,12-15H,6-8H2,1H3/t12-,13-,14-,15+/m0/s1. The van der Waals surface area contributed by atoms with Crippen LogP contribution in [0.1, 0.15) is 24.0 Å². The highest BCUT2D eigenvalue weighted by Gasteiger charge is 2.63. The van der Waals surface area contributed by atoms with Gasteiger partial charge in [-0.15, -0.1) is 5.10 Å². The van der Waals surface area contributed by atoms with Crippen LogP contribution in [0.15, 0.2) is 30.6 Å². The van der Waals surface area contributed by atoms with Crippen molar-refractivity contribution in [2.45, 2.75) is 38.5 Å². The second kappa shape index (κ2) is 5.23. The van der Waals surface area contributed by atoms with E-state index in [0.717, 1.165) is 23.3 Å². The Morgan fingerprint density at radius 2 is 1.72 bits per heavy atom. The Morgan fingerprint density at radius 1 is 1.08 bits per heavy atom. The number of benzene rings is 1. The number of ether oxygens (including phenoxy) is 1. The van der Waals surface area contributed by atoms with Crippen molar-refractivity contribution < 1.29 is 14.3 Å². The molecule has 0 saturated carbocycles. The molecule has 7 nitrogen and oxygen atoms in total. The summed E-state index contributed by atoms with van der Waals surface area (Å²) in [7, 11) is 0. The number of aromatic nitrogens is 3. The van der Waals surface area contributed by atoms with Crippen LogP contribution in [0, 0.1) is 18.8 Å². The molecule has 0 radical (unpaired) electrons.